The third-order valence-electron chi connectivity index (χ3n) is 2.20. The van der Waals surface area contributed by atoms with Crippen molar-refractivity contribution in [2.24, 2.45) is 0 Å². The van der Waals surface area contributed by atoms with Crippen molar-refractivity contribution in [2.45, 2.75) is 6.92 Å². The van der Waals surface area contributed by atoms with Crippen LogP contribution in [0.2, 0.25) is 0 Å². The fourth-order valence-electron chi connectivity index (χ4n) is 1.33. The van der Waals surface area contributed by atoms with Crippen LogP contribution >= 0.6 is 0 Å². The molecular formula is C11H14FNO5S. The van der Waals surface area contributed by atoms with Crippen LogP contribution in [0, 0.1) is 5.82 Å². The van der Waals surface area contributed by atoms with E-state index in [1.165, 1.54) is 6.07 Å². The fraction of sp³-hybridized carbons (Fsp3) is 0.364. The van der Waals surface area contributed by atoms with Gasteiger partial charge in [-0.1, -0.05) is 6.07 Å². The van der Waals surface area contributed by atoms with Crippen LogP contribution in [0.1, 0.15) is 17.3 Å². The topological polar surface area (TPSA) is 92.7 Å². The van der Waals surface area contributed by atoms with E-state index in [9.17, 15) is 17.6 Å². The Kier molecular flexibility index (Phi) is 5.25. The molecule has 0 fully saturated rings. The number of carboxylic acid groups (broad SMARTS) is 1. The molecule has 0 saturated heterocycles. The first-order chi connectivity index (χ1) is 8.87. The summed E-state index contributed by atoms with van der Waals surface area (Å²) in [7, 11) is -3.86. The Hall–Kier alpha value is -1.67. The maximum atomic E-state index is 13.5. The summed E-state index contributed by atoms with van der Waals surface area (Å²) in [5.41, 5.74) is -1.01. The summed E-state index contributed by atoms with van der Waals surface area (Å²) in [6.45, 7) is 2.01. The van der Waals surface area contributed by atoms with Gasteiger partial charge in [0, 0.05) is 6.61 Å². The van der Waals surface area contributed by atoms with Crippen molar-refractivity contribution in [3.8, 4) is 0 Å². The van der Waals surface area contributed by atoms with Crippen LogP contribution in [-0.4, -0.2) is 38.5 Å². The van der Waals surface area contributed by atoms with Crippen molar-refractivity contribution in [3.05, 3.63) is 29.6 Å². The molecule has 0 unspecified atom stereocenters. The molecule has 0 amide bonds. The molecule has 19 heavy (non-hydrogen) atoms. The lowest BCUT2D eigenvalue weighted by Crippen LogP contribution is -2.22. The minimum absolute atomic E-state index is 0.0529. The molecule has 0 bridgehead atoms. The average Bonchev–Trinajstić information content (AvgIpc) is 2.31. The zero-order chi connectivity index (χ0) is 14.5. The number of hydrogen-bond acceptors (Lipinski definition) is 4. The maximum Gasteiger partial charge on any atom is 0.337 e. The van der Waals surface area contributed by atoms with Gasteiger partial charge in [0.05, 0.1) is 23.6 Å². The Morgan fingerprint density at radius 2 is 2.16 bits per heavy atom. The number of aromatic carboxylic acids is 1. The minimum atomic E-state index is -3.86. The molecule has 0 aromatic heterocycles. The van der Waals surface area contributed by atoms with E-state index in [1.807, 2.05) is 4.72 Å². The normalized spacial score (nSPS) is 11.3. The van der Waals surface area contributed by atoms with E-state index >= 15 is 0 Å². The number of carboxylic acids is 1. The van der Waals surface area contributed by atoms with E-state index in [0.29, 0.717) is 6.61 Å². The van der Waals surface area contributed by atoms with Crippen LogP contribution in [0.5, 0.6) is 0 Å². The Bertz CT molecular complexity index is 558. The first-order valence-corrected chi connectivity index (χ1v) is 7.12. The summed E-state index contributed by atoms with van der Waals surface area (Å²) in [6.07, 6.45) is 0. The highest BCUT2D eigenvalue weighted by molar-refractivity contribution is 7.92. The van der Waals surface area contributed by atoms with Gasteiger partial charge in [0.1, 0.15) is 5.82 Å². The maximum absolute atomic E-state index is 13.5. The van der Waals surface area contributed by atoms with Crippen molar-refractivity contribution in [3.63, 3.8) is 0 Å². The van der Waals surface area contributed by atoms with E-state index in [-0.39, 0.29) is 12.4 Å². The van der Waals surface area contributed by atoms with Crippen LogP contribution in [0.15, 0.2) is 18.2 Å². The lowest BCUT2D eigenvalue weighted by atomic mass is 10.2. The molecule has 0 aliphatic rings. The van der Waals surface area contributed by atoms with Gasteiger partial charge < -0.3 is 9.84 Å². The van der Waals surface area contributed by atoms with Gasteiger partial charge in [0.2, 0.25) is 10.0 Å². The molecule has 0 spiro atoms. The van der Waals surface area contributed by atoms with Gasteiger partial charge in [-0.3, -0.25) is 4.72 Å². The summed E-state index contributed by atoms with van der Waals surface area (Å²) in [4.78, 5) is 10.9. The molecule has 6 nitrogen and oxygen atoms in total. The SMILES string of the molecule is CCOCCS(=O)(=O)Nc1c(F)cccc1C(=O)O. The molecule has 2 N–H and O–H groups in total. The molecule has 0 radical (unpaired) electrons. The Morgan fingerprint density at radius 1 is 1.47 bits per heavy atom. The molecule has 0 saturated carbocycles. The number of rotatable bonds is 7. The molecule has 8 heteroatoms. The number of carbonyl (C=O) groups is 1. The summed E-state index contributed by atoms with van der Waals surface area (Å²) in [5, 5.41) is 8.87. The van der Waals surface area contributed by atoms with E-state index in [0.717, 1.165) is 12.1 Å². The summed E-state index contributed by atoms with van der Waals surface area (Å²) >= 11 is 0. The average molecular weight is 291 g/mol. The third-order valence-corrected chi connectivity index (χ3v) is 3.42. The monoisotopic (exact) mass is 291 g/mol. The zero-order valence-electron chi connectivity index (χ0n) is 10.2. The second kappa shape index (κ2) is 6.48. The first kappa shape index (κ1) is 15.4. The highest BCUT2D eigenvalue weighted by Gasteiger charge is 2.19. The number of sulfonamides is 1. The molecule has 0 atom stereocenters. The quantitative estimate of drug-likeness (QED) is 0.739. The van der Waals surface area contributed by atoms with Crippen LogP contribution in [-0.2, 0) is 14.8 Å². The fourth-order valence-corrected chi connectivity index (χ4v) is 2.28. The third kappa shape index (κ3) is 4.49. The number of ether oxygens (including phenoxy) is 1. The summed E-state index contributed by atoms with van der Waals surface area (Å²) in [6, 6.07) is 3.29. The number of nitrogens with one attached hydrogen (secondary N) is 1. The lowest BCUT2D eigenvalue weighted by Gasteiger charge is -2.11. The van der Waals surface area contributed by atoms with Crippen molar-refractivity contribution in [1.29, 1.82) is 0 Å². The zero-order valence-corrected chi connectivity index (χ0v) is 11.0. The minimum Gasteiger partial charge on any atom is -0.478 e. The second-order valence-electron chi connectivity index (χ2n) is 3.59. The molecule has 0 aliphatic carbocycles. The van der Waals surface area contributed by atoms with E-state index < -0.39 is 33.1 Å². The van der Waals surface area contributed by atoms with Gasteiger partial charge in [0.25, 0.3) is 0 Å². The van der Waals surface area contributed by atoms with Gasteiger partial charge in [-0.2, -0.15) is 0 Å². The van der Waals surface area contributed by atoms with Crippen LogP contribution in [0.25, 0.3) is 0 Å². The molecule has 0 heterocycles. The van der Waals surface area contributed by atoms with Crippen molar-refractivity contribution < 1.29 is 27.4 Å². The largest absolute Gasteiger partial charge is 0.478 e. The van der Waals surface area contributed by atoms with E-state index in [1.54, 1.807) is 6.92 Å². The Morgan fingerprint density at radius 3 is 2.74 bits per heavy atom. The van der Waals surface area contributed by atoms with Gasteiger partial charge in [-0.25, -0.2) is 17.6 Å². The summed E-state index contributed by atoms with van der Waals surface area (Å²) < 4.78 is 43.6. The molecular weight excluding hydrogens is 277 g/mol. The van der Waals surface area contributed by atoms with Gasteiger partial charge in [0.15, 0.2) is 0 Å². The van der Waals surface area contributed by atoms with E-state index in [4.69, 9.17) is 9.84 Å². The predicted octanol–water partition coefficient (Wildman–Crippen LogP) is 1.30. The highest BCUT2D eigenvalue weighted by Crippen LogP contribution is 2.21. The first-order valence-electron chi connectivity index (χ1n) is 5.47. The predicted molar refractivity (Wildman–Crippen MR) is 67.3 cm³/mol. The number of halogens is 1. The van der Waals surface area contributed by atoms with Crippen molar-refractivity contribution in [1.82, 2.24) is 0 Å². The number of para-hydroxylation sites is 1. The van der Waals surface area contributed by atoms with Crippen molar-refractivity contribution in [2.75, 3.05) is 23.7 Å². The molecule has 1 rings (SSSR count). The van der Waals surface area contributed by atoms with Crippen molar-refractivity contribution >= 4 is 21.7 Å². The standard InChI is InChI=1S/C11H14FNO5S/c1-2-18-6-7-19(16,17)13-10-8(11(14)15)4-3-5-9(10)12/h3-5,13H,2,6-7H2,1H3,(H,14,15). The van der Waals surface area contributed by atoms with Crippen LogP contribution in [0.4, 0.5) is 10.1 Å². The smallest absolute Gasteiger partial charge is 0.337 e. The highest BCUT2D eigenvalue weighted by atomic mass is 32.2. The molecule has 106 valence electrons. The Labute approximate surface area is 110 Å². The number of hydrogen-bond donors (Lipinski definition) is 2. The van der Waals surface area contributed by atoms with Gasteiger partial charge in [-0.05, 0) is 19.1 Å². The second-order valence-corrected chi connectivity index (χ2v) is 5.43. The van der Waals surface area contributed by atoms with Gasteiger partial charge in [-0.15, -0.1) is 0 Å². The molecule has 1 aromatic carbocycles. The number of anilines is 1. The lowest BCUT2D eigenvalue weighted by molar-refractivity contribution is 0.0697. The van der Waals surface area contributed by atoms with Crippen LogP contribution in [0.3, 0.4) is 0 Å². The summed E-state index contributed by atoms with van der Waals surface area (Å²) in [5.74, 6) is -2.74. The number of benzene rings is 1. The molecule has 0 aliphatic heterocycles. The Balaban J connectivity index is 2.95. The molecule has 1 aromatic rings. The van der Waals surface area contributed by atoms with E-state index in [2.05, 4.69) is 0 Å². The van der Waals surface area contributed by atoms with Gasteiger partial charge >= 0.3 is 5.97 Å². The van der Waals surface area contributed by atoms with Crippen LogP contribution < -0.4 is 4.72 Å².